The molecule has 0 fully saturated rings. The number of rotatable bonds is 36. The van der Waals surface area contributed by atoms with Gasteiger partial charge >= 0.3 is 19.8 Å². The highest BCUT2D eigenvalue weighted by molar-refractivity contribution is 7.46. The first-order valence-electron chi connectivity index (χ1n) is 19.8. The Bertz CT molecular complexity index is 895. The largest absolute Gasteiger partial charge is 0.469 e. The van der Waals surface area contributed by atoms with Crippen molar-refractivity contribution in [2.24, 2.45) is 0 Å². The first-order valence-corrected chi connectivity index (χ1v) is 21.3. The number of hydrogen-bond donors (Lipinski definition) is 2. The quantitative estimate of drug-likeness (QED) is 0.0285. The van der Waals surface area contributed by atoms with Crippen LogP contribution in [0.2, 0.25) is 0 Å². The monoisotopic (exact) mass is 713 g/mol. The smallest absolute Gasteiger partial charge is 0.462 e. The minimum atomic E-state index is -4.75. The molecule has 0 spiro atoms. The molecule has 0 aromatic heterocycles. The van der Waals surface area contributed by atoms with Crippen molar-refractivity contribution in [2.45, 2.75) is 193 Å². The number of ether oxygens (including phenoxy) is 2. The summed E-state index contributed by atoms with van der Waals surface area (Å²) >= 11 is 0. The normalized spacial score (nSPS) is 12.8. The average Bonchev–Trinajstić information content (AvgIpc) is 3.07. The molecule has 1 atom stereocenters. The van der Waals surface area contributed by atoms with E-state index in [2.05, 4.69) is 54.8 Å². The van der Waals surface area contributed by atoms with Gasteiger partial charge in [0.15, 0.2) is 6.10 Å². The van der Waals surface area contributed by atoms with Gasteiger partial charge in [0, 0.05) is 12.8 Å². The summed E-state index contributed by atoms with van der Waals surface area (Å²) in [4.78, 5) is 42.7. The van der Waals surface area contributed by atoms with Gasteiger partial charge in [-0.05, 0) is 70.6 Å². The summed E-state index contributed by atoms with van der Waals surface area (Å²) in [7, 11) is -4.75. The van der Waals surface area contributed by atoms with E-state index in [0.29, 0.717) is 12.8 Å². The Labute approximate surface area is 300 Å². The Morgan fingerprint density at radius 2 is 0.918 bits per heavy atom. The minimum Gasteiger partial charge on any atom is -0.462 e. The molecule has 0 aromatic rings. The Morgan fingerprint density at radius 1 is 0.531 bits per heavy atom. The van der Waals surface area contributed by atoms with Crippen LogP contribution in [-0.2, 0) is 28.2 Å². The first-order chi connectivity index (χ1) is 23.8. The lowest BCUT2D eigenvalue weighted by atomic mass is 10.1. The summed E-state index contributed by atoms with van der Waals surface area (Å²) in [5, 5.41) is 0. The van der Waals surface area contributed by atoms with Crippen molar-refractivity contribution in [1.82, 2.24) is 0 Å². The number of phosphoric ester groups is 1. The molecule has 2 N–H and O–H groups in total. The van der Waals surface area contributed by atoms with Crippen molar-refractivity contribution in [3.05, 3.63) is 36.5 Å². The van der Waals surface area contributed by atoms with Gasteiger partial charge in [-0.3, -0.25) is 14.1 Å². The fourth-order valence-corrected chi connectivity index (χ4v) is 5.76. The molecule has 0 radical (unpaired) electrons. The van der Waals surface area contributed by atoms with Crippen LogP contribution in [0.1, 0.15) is 187 Å². The molecule has 286 valence electrons. The second-order valence-electron chi connectivity index (χ2n) is 13.2. The summed E-state index contributed by atoms with van der Waals surface area (Å²) in [5.74, 6) is -0.903. The Balaban J connectivity index is 3.96. The van der Waals surface area contributed by atoms with Gasteiger partial charge in [-0.15, -0.1) is 0 Å². The van der Waals surface area contributed by atoms with E-state index in [9.17, 15) is 14.2 Å². The van der Waals surface area contributed by atoms with E-state index in [1.807, 2.05) is 0 Å². The van der Waals surface area contributed by atoms with Crippen LogP contribution in [0, 0.1) is 0 Å². The zero-order valence-corrected chi connectivity index (χ0v) is 32.2. The molecule has 0 aliphatic heterocycles. The Hall–Kier alpha value is -1.73. The van der Waals surface area contributed by atoms with Gasteiger partial charge in [-0.2, -0.15) is 0 Å². The van der Waals surface area contributed by atoms with E-state index in [1.165, 1.54) is 83.5 Å². The van der Waals surface area contributed by atoms with Gasteiger partial charge in [0.05, 0.1) is 6.61 Å². The predicted octanol–water partition coefficient (Wildman–Crippen LogP) is 11.8. The molecule has 0 unspecified atom stereocenters. The molecule has 0 rings (SSSR count). The summed E-state index contributed by atoms with van der Waals surface area (Å²) in [6, 6.07) is 0. The standard InChI is InChI=1S/C40H73O8P/c1-3-5-7-9-11-13-15-17-19-20-21-23-24-26-28-30-32-34-39(41)46-36-38(37-47-49(43,44)45)48-40(42)35-33-31-29-27-25-22-18-16-14-12-10-8-6-4-2/h11,13,16-19,38H,3-10,12,14-15,20-37H2,1-2H3,(H2,43,44,45)/b13-11-,18-16-,19-17-/t38-/m1/s1. The SMILES string of the molecule is CCCCC/C=C\C/C=C\CCCCCCCCCC(=O)OC[C@H](COP(=O)(O)O)OC(=O)CCCCCCC/C=C\CCCCCCC. The fraction of sp³-hybridized carbons (Fsp3) is 0.800. The summed E-state index contributed by atoms with van der Waals surface area (Å²) in [6.07, 6.45) is 41.4. The number of carbonyl (C=O) groups is 2. The molecule has 0 aromatic carbocycles. The van der Waals surface area contributed by atoms with Crippen molar-refractivity contribution in [1.29, 1.82) is 0 Å². The molecule has 0 amide bonds. The van der Waals surface area contributed by atoms with Crippen LogP contribution < -0.4 is 0 Å². The molecule has 0 saturated carbocycles. The molecular formula is C40H73O8P. The zero-order valence-electron chi connectivity index (χ0n) is 31.3. The van der Waals surface area contributed by atoms with Crippen LogP contribution in [0.3, 0.4) is 0 Å². The van der Waals surface area contributed by atoms with E-state index in [-0.39, 0.29) is 19.4 Å². The molecule has 49 heavy (non-hydrogen) atoms. The maximum absolute atomic E-state index is 12.4. The third kappa shape index (κ3) is 38.9. The van der Waals surface area contributed by atoms with E-state index in [1.54, 1.807) is 0 Å². The van der Waals surface area contributed by atoms with Crippen molar-refractivity contribution < 1.29 is 37.9 Å². The Morgan fingerprint density at radius 3 is 1.41 bits per heavy atom. The third-order valence-corrected chi connectivity index (χ3v) is 8.87. The lowest BCUT2D eigenvalue weighted by Gasteiger charge is -2.18. The number of esters is 2. The van der Waals surface area contributed by atoms with Gasteiger partial charge in [0.25, 0.3) is 0 Å². The minimum absolute atomic E-state index is 0.200. The fourth-order valence-electron chi connectivity index (χ4n) is 5.40. The number of unbranched alkanes of at least 4 members (excludes halogenated alkanes) is 20. The molecule has 0 bridgehead atoms. The molecule has 0 heterocycles. The average molecular weight is 713 g/mol. The predicted molar refractivity (Wildman–Crippen MR) is 202 cm³/mol. The van der Waals surface area contributed by atoms with Crippen LogP contribution in [0.5, 0.6) is 0 Å². The highest BCUT2D eigenvalue weighted by Gasteiger charge is 2.22. The van der Waals surface area contributed by atoms with Crippen LogP contribution in [0.4, 0.5) is 0 Å². The van der Waals surface area contributed by atoms with Crippen LogP contribution >= 0.6 is 7.82 Å². The molecular weight excluding hydrogens is 639 g/mol. The summed E-state index contributed by atoms with van der Waals surface area (Å²) < 4.78 is 26.3. The van der Waals surface area contributed by atoms with Gasteiger partial charge in [-0.25, -0.2) is 4.57 Å². The zero-order chi connectivity index (χ0) is 36.1. The van der Waals surface area contributed by atoms with Crippen molar-refractivity contribution in [2.75, 3.05) is 13.2 Å². The lowest BCUT2D eigenvalue weighted by Crippen LogP contribution is -2.29. The third-order valence-electron chi connectivity index (χ3n) is 8.38. The Kier molecular flexibility index (Phi) is 34.8. The van der Waals surface area contributed by atoms with Crippen molar-refractivity contribution in [3.8, 4) is 0 Å². The van der Waals surface area contributed by atoms with Crippen LogP contribution in [-0.4, -0.2) is 41.0 Å². The van der Waals surface area contributed by atoms with Gasteiger partial charge in [-0.1, -0.05) is 140 Å². The van der Waals surface area contributed by atoms with E-state index in [0.717, 1.165) is 64.2 Å². The summed E-state index contributed by atoms with van der Waals surface area (Å²) in [6.45, 7) is 3.63. The topological polar surface area (TPSA) is 119 Å². The maximum Gasteiger partial charge on any atom is 0.469 e. The number of phosphoric acid groups is 1. The second kappa shape index (κ2) is 36.1. The highest BCUT2D eigenvalue weighted by atomic mass is 31.2. The highest BCUT2D eigenvalue weighted by Crippen LogP contribution is 2.36. The molecule has 0 aliphatic rings. The molecule has 9 heteroatoms. The van der Waals surface area contributed by atoms with Crippen molar-refractivity contribution in [3.63, 3.8) is 0 Å². The maximum atomic E-state index is 12.4. The van der Waals surface area contributed by atoms with Crippen LogP contribution in [0.25, 0.3) is 0 Å². The lowest BCUT2D eigenvalue weighted by molar-refractivity contribution is -0.161. The second-order valence-corrected chi connectivity index (χ2v) is 14.5. The van der Waals surface area contributed by atoms with Gasteiger partial charge in [0.1, 0.15) is 6.61 Å². The van der Waals surface area contributed by atoms with Crippen molar-refractivity contribution >= 4 is 19.8 Å². The molecule has 0 aliphatic carbocycles. The van der Waals surface area contributed by atoms with Gasteiger partial charge < -0.3 is 19.3 Å². The molecule has 8 nitrogen and oxygen atoms in total. The number of allylic oxidation sites excluding steroid dienone is 6. The van der Waals surface area contributed by atoms with Crippen LogP contribution in [0.15, 0.2) is 36.5 Å². The number of carbonyl (C=O) groups excluding carboxylic acids is 2. The summed E-state index contributed by atoms with van der Waals surface area (Å²) in [5.41, 5.74) is 0. The number of hydrogen-bond acceptors (Lipinski definition) is 6. The van der Waals surface area contributed by atoms with Gasteiger partial charge in [0.2, 0.25) is 0 Å². The first kappa shape index (κ1) is 47.3. The van der Waals surface area contributed by atoms with E-state index in [4.69, 9.17) is 19.3 Å². The van der Waals surface area contributed by atoms with E-state index >= 15 is 0 Å². The van der Waals surface area contributed by atoms with E-state index < -0.39 is 32.5 Å². The molecule has 0 saturated heterocycles.